The minimum Gasteiger partial charge on any atom is -0.284 e. The molecule has 1 aromatic rings. The number of nitrogens with zero attached hydrogens (tertiary/aromatic N) is 2. The minimum atomic E-state index is -4.56. The first-order valence-electron chi connectivity index (χ1n) is 4.65. The molecule has 0 N–H and O–H groups in total. The predicted octanol–water partition coefficient (Wildman–Crippen LogP) is 2.24. The number of hydrogen-bond acceptors (Lipinski definition) is 3. The van der Waals surface area contributed by atoms with Gasteiger partial charge in [-0.05, 0) is 13.8 Å². The maximum absolute atomic E-state index is 12.6. The summed E-state index contributed by atoms with van der Waals surface area (Å²) in [6.07, 6.45) is -4.56. The average molecular weight is 250 g/mol. The smallest absolute Gasteiger partial charge is 0.284 e. The van der Waals surface area contributed by atoms with Gasteiger partial charge >= 0.3 is 6.18 Å². The third-order valence-corrected chi connectivity index (χ3v) is 3.67. The highest BCUT2D eigenvalue weighted by Gasteiger charge is 2.38. The van der Waals surface area contributed by atoms with Crippen molar-refractivity contribution in [3.8, 4) is 0 Å². The number of aromatic nitrogens is 2. The summed E-state index contributed by atoms with van der Waals surface area (Å²) < 4.78 is 39.1. The fraction of sp³-hybridized carbons (Fsp3) is 0.556. The molecule has 0 saturated heterocycles. The first-order valence-corrected chi connectivity index (χ1v) is 5.64. The van der Waals surface area contributed by atoms with Crippen LogP contribution >= 0.6 is 11.8 Å². The van der Waals surface area contributed by atoms with Crippen molar-refractivity contribution in [2.24, 2.45) is 0 Å². The van der Waals surface area contributed by atoms with Gasteiger partial charge in [0.1, 0.15) is 0 Å². The van der Waals surface area contributed by atoms with Gasteiger partial charge in [0.25, 0.3) is 5.56 Å². The van der Waals surface area contributed by atoms with Crippen LogP contribution in [0.4, 0.5) is 13.2 Å². The van der Waals surface area contributed by atoms with E-state index in [4.69, 9.17) is 0 Å². The predicted molar refractivity (Wildman–Crippen MR) is 53.7 cm³/mol. The van der Waals surface area contributed by atoms with E-state index in [1.165, 1.54) is 23.3 Å². The molecule has 0 spiro atoms. The summed E-state index contributed by atoms with van der Waals surface area (Å²) in [4.78, 5) is 15.3. The quantitative estimate of drug-likeness (QED) is 0.662. The van der Waals surface area contributed by atoms with Crippen molar-refractivity contribution in [3.05, 3.63) is 21.6 Å². The molecule has 0 aliphatic carbocycles. The molecular formula is C9H9F3N2OS. The van der Waals surface area contributed by atoms with E-state index in [9.17, 15) is 18.0 Å². The first kappa shape index (κ1) is 11.5. The van der Waals surface area contributed by atoms with Crippen LogP contribution in [-0.2, 0) is 6.18 Å². The van der Waals surface area contributed by atoms with E-state index in [0.717, 1.165) is 0 Å². The summed E-state index contributed by atoms with van der Waals surface area (Å²) in [6, 6.07) is -0.0963. The molecule has 7 heteroatoms. The van der Waals surface area contributed by atoms with Gasteiger partial charge in [-0.15, -0.1) is 0 Å². The van der Waals surface area contributed by atoms with Gasteiger partial charge in [-0.3, -0.25) is 9.36 Å². The minimum absolute atomic E-state index is 0.0963. The van der Waals surface area contributed by atoms with Crippen LogP contribution in [0.1, 0.15) is 24.2 Å². The molecule has 1 atom stereocenters. The fourth-order valence-corrected chi connectivity index (χ4v) is 2.74. The molecule has 1 aliphatic rings. The second-order valence-electron chi connectivity index (χ2n) is 3.70. The van der Waals surface area contributed by atoms with Gasteiger partial charge in [0.15, 0.2) is 10.9 Å². The van der Waals surface area contributed by atoms with E-state index in [1.54, 1.807) is 6.92 Å². The Hall–Kier alpha value is -0.980. The molecule has 0 fully saturated rings. The van der Waals surface area contributed by atoms with E-state index >= 15 is 0 Å². The zero-order chi connectivity index (χ0) is 12.1. The van der Waals surface area contributed by atoms with Gasteiger partial charge in [-0.2, -0.15) is 13.2 Å². The number of halogens is 3. The van der Waals surface area contributed by atoms with Crippen LogP contribution in [0.2, 0.25) is 0 Å². The molecule has 1 aromatic heterocycles. The highest BCUT2D eigenvalue weighted by atomic mass is 32.2. The summed E-state index contributed by atoms with van der Waals surface area (Å²) in [7, 11) is 0. The average Bonchev–Trinajstić information content (AvgIpc) is 2.52. The molecule has 0 amide bonds. The Bertz CT molecular complexity index is 495. The van der Waals surface area contributed by atoms with Crippen molar-refractivity contribution in [3.63, 3.8) is 0 Å². The summed E-state index contributed by atoms with van der Waals surface area (Å²) in [5.74, 6) is 0.586. The number of rotatable bonds is 0. The third-order valence-electron chi connectivity index (χ3n) is 2.47. The lowest BCUT2D eigenvalue weighted by molar-refractivity contribution is -0.142. The van der Waals surface area contributed by atoms with E-state index in [2.05, 4.69) is 4.98 Å². The Morgan fingerprint density at radius 1 is 1.50 bits per heavy atom. The molecule has 0 aromatic carbocycles. The summed E-state index contributed by atoms with van der Waals surface area (Å²) in [5.41, 5.74) is -1.98. The van der Waals surface area contributed by atoms with Crippen LogP contribution in [-0.4, -0.2) is 15.3 Å². The molecule has 88 valence electrons. The molecule has 0 bridgehead atoms. The molecular weight excluding hydrogens is 241 g/mol. The topological polar surface area (TPSA) is 34.9 Å². The van der Waals surface area contributed by atoms with Gasteiger partial charge in [-0.1, -0.05) is 11.8 Å². The number of thioether (sulfide) groups is 1. The molecule has 0 saturated carbocycles. The summed E-state index contributed by atoms with van der Waals surface area (Å²) in [5, 5.41) is 0.162. The Balaban J connectivity index is 2.71. The second kappa shape index (κ2) is 3.51. The molecule has 2 heterocycles. The Morgan fingerprint density at radius 3 is 2.69 bits per heavy atom. The van der Waals surface area contributed by atoms with Gasteiger partial charge in [0.05, 0.1) is 0 Å². The number of fused-ring (bicyclic) bond motifs is 1. The van der Waals surface area contributed by atoms with E-state index in [-0.39, 0.29) is 16.8 Å². The van der Waals surface area contributed by atoms with Crippen LogP contribution in [0, 0.1) is 6.92 Å². The van der Waals surface area contributed by atoms with Crippen molar-refractivity contribution in [1.29, 1.82) is 0 Å². The molecule has 1 unspecified atom stereocenters. The van der Waals surface area contributed by atoms with Crippen molar-refractivity contribution in [1.82, 2.24) is 9.55 Å². The molecule has 2 rings (SSSR count). The summed E-state index contributed by atoms with van der Waals surface area (Å²) >= 11 is 1.18. The lowest BCUT2D eigenvalue weighted by atomic mass is 10.2. The van der Waals surface area contributed by atoms with Crippen molar-refractivity contribution in [2.45, 2.75) is 31.2 Å². The first-order chi connectivity index (χ1) is 7.32. The number of alkyl halides is 3. The van der Waals surface area contributed by atoms with Gasteiger partial charge in [0.2, 0.25) is 0 Å². The lowest BCUT2D eigenvalue weighted by Gasteiger charge is -2.13. The lowest BCUT2D eigenvalue weighted by Crippen LogP contribution is -2.29. The monoisotopic (exact) mass is 250 g/mol. The maximum Gasteiger partial charge on any atom is 0.433 e. The molecule has 1 aliphatic heterocycles. The third kappa shape index (κ3) is 1.63. The maximum atomic E-state index is 12.6. The van der Waals surface area contributed by atoms with Crippen LogP contribution in [0.3, 0.4) is 0 Å². The van der Waals surface area contributed by atoms with Crippen molar-refractivity contribution in [2.75, 3.05) is 5.75 Å². The van der Waals surface area contributed by atoms with Crippen LogP contribution in [0.15, 0.2) is 9.95 Å². The highest BCUT2D eigenvalue weighted by molar-refractivity contribution is 7.99. The zero-order valence-corrected chi connectivity index (χ0v) is 9.45. The van der Waals surface area contributed by atoms with E-state index < -0.39 is 17.4 Å². The fourth-order valence-electron chi connectivity index (χ4n) is 1.64. The Morgan fingerprint density at radius 2 is 2.12 bits per heavy atom. The highest BCUT2D eigenvalue weighted by Crippen LogP contribution is 2.34. The standard InChI is InChI=1S/C9H9F3N2OS/c1-4-3-16-8-13-6(9(10,11)12)5(2)7(15)14(4)8/h4H,3H2,1-2H3. The van der Waals surface area contributed by atoms with Crippen LogP contribution < -0.4 is 5.56 Å². The van der Waals surface area contributed by atoms with Crippen LogP contribution in [0.25, 0.3) is 0 Å². The largest absolute Gasteiger partial charge is 0.433 e. The SMILES string of the molecule is Cc1c(C(F)(F)F)nc2n(c1=O)C(C)CS2. The number of hydrogen-bond donors (Lipinski definition) is 0. The van der Waals surface area contributed by atoms with Crippen molar-refractivity contribution >= 4 is 11.8 Å². The summed E-state index contributed by atoms with van der Waals surface area (Å²) in [6.45, 7) is 2.96. The normalized spacial score (nSPS) is 19.9. The van der Waals surface area contributed by atoms with Gasteiger partial charge in [0, 0.05) is 17.4 Å². The molecule has 3 nitrogen and oxygen atoms in total. The molecule has 0 radical (unpaired) electrons. The van der Waals surface area contributed by atoms with Gasteiger partial charge < -0.3 is 0 Å². The molecule has 16 heavy (non-hydrogen) atoms. The van der Waals surface area contributed by atoms with E-state index in [1.807, 2.05) is 0 Å². The van der Waals surface area contributed by atoms with Gasteiger partial charge in [-0.25, -0.2) is 4.98 Å². The van der Waals surface area contributed by atoms with E-state index in [0.29, 0.717) is 5.75 Å². The zero-order valence-electron chi connectivity index (χ0n) is 8.63. The van der Waals surface area contributed by atoms with Crippen LogP contribution in [0.5, 0.6) is 0 Å². The van der Waals surface area contributed by atoms with Crippen molar-refractivity contribution < 1.29 is 13.2 Å². The Kier molecular flexibility index (Phi) is 2.52. The second-order valence-corrected chi connectivity index (χ2v) is 4.69. The Labute approximate surface area is 93.7 Å².